The van der Waals surface area contributed by atoms with Gasteiger partial charge in [-0.15, -0.1) is 0 Å². The topological polar surface area (TPSA) is 92.4 Å². The van der Waals surface area contributed by atoms with Gasteiger partial charge in [-0.05, 0) is 37.1 Å². The van der Waals surface area contributed by atoms with Crippen molar-refractivity contribution in [2.45, 2.75) is 18.9 Å². The smallest absolute Gasteiger partial charge is 0.246 e. The summed E-state index contributed by atoms with van der Waals surface area (Å²) in [6.45, 7) is 4.93. The predicted molar refractivity (Wildman–Crippen MR) is 123 cm³/mol. The van der Waals surface area contributed by atoms with Crippen molar-refractivity contribution in [3.8, 4) is 23.3 Å². The van der Waals surface area contributed by atoms with Crippen LogP contribution in [-0.2, 0) is 4.79 Å². The fourth-order valence-electron chi connectivity index (χ4n) is 3.80. The number of nitrogens with zero attached hydrogens (tertiary/aromatic N) is 3. The molecule has 0 radical (unpaired) electrons. The number of fused-ring (bicyclic) bond motifs is 1. The summed E-state index contributed by atoms with van der Waals surface area (Å²) in [4.78, 5) is 18.2. The van der Waals surface area contributed by atoms with Crippen LogP contribution in [0.4, 0.5) is 5.82 Å². The van der Waals surface area contributed by atoms with Crippen LogP contribution in [-0.4, -0.2) is 59.3 Å². The van der Waals surface area contributed by atoms with Crippen LogP contribution in [0.3, 0.4) is 0 Å². The van der Waals surface area contributed by atoms with Gasteiger partial charge in [-0.3, -0.25) is 9.89 Å². The average Bonchev–Trinajstić information content (AvgIpc) is 3.25. The first-order valence-corrected chi connectivity index (χ1v) is 10.4. The lowest BCUT2D eigenvalue weighted by molar-refractivity contribution is -0.127. The number of amides is 1. The normalized spacial score (nSPS) is 15.6. The zero-order valence-corrected chi connectivity index (χ0v) is 18.1. The van der Waals surface area contributed by atoms with Crippen LogP contribution in [0, 0.1) is 11.8 Å². The van der Waals surface area contributed by atoms with E-state index in [1.807, 2.05) is 18.2 Å². The molecule has 2 N–H and O–H groups in total. The zero-order chi connectivity index (χ0) is 22.5. The van der Waals surface area contributed by atoms with Crippen molar-refractivity contribution in [2.24, 2.45) is 0 Å². The van der Waals surface area contributed by atoms with Gasteiger partial charge < -0.3 is 19.7 Å². The van der Waals surface area contributed by atoms with Gasteiger partial charge >= 0.3 is 0 Å². The number of carbonyl (C=O) groups excluding carboxylic acids is 1. The fourth-order valence-corrected chi connectivity index (χ4v) is 3.80. The number of hydrogen-bond acceptors (Lipinski definition) is 6. The minimum atomic E-state index is -0.0506. The van der Waals surface area contributed by atoms with Gasteiger partial charge in [0.05, 0.1) is 19.6 Å². The van der Waals surface area contributed by atoms with Crippen molar-refractivity contribution in [1.29, 1.82) is 0 Å². The Balaban J connectivity index is 1.63. The first kappa shape index (κ1) is 21.2. The Kier molecular flexibility index (Phi) is 6.26. The van der Waals surface area contributed by atoms with E-state index in [1.165, 1.54) is 6.08 Å². The quantitative estimate of drug-likeness (QED) is 0.477. The lowest BCUT2D eigenvalue weighted by Gasteiger charge is -2.32. The third-order valence-electron chi connectivity index (χ3n) is 5.40. The van der Waals surface area contributed by atoms with Crippen molar-refractivity contribution in [3.63, 3.8) is 0 Å². The maximum absolute atomic E-state index is 12.0. The Labute approximate surface area is 186 Å². The summed E-state index contributed by atoms with van der Waals surface area (Å²) in [7, 11) is 3.22. The lowest BCUT2D eigenvalue weighted by atomic mass is 10.1. The molecule has 32 heavy (non-hydrogen) atoms. The van der Waals surface area contributed by atoms with Gasteiger partial charge in [0.1, 0.15) is 11.5 Å². The van der Waals surface area contributed by atoms with Gasteiger partial charge in [0.2, 0.25) is 5.91 Å². The van der Waals surface area contributed by atoms with Crippen LogP contribution < -0.4 is 14.8 Å². The predicted octanol–water partition coefficient (Wildman–Crippen LogP) is 2.96. The van der Waals surface area contributed by atoms with Crippen molar-refractivity contribution < 1.29 is 14.3 Å². The molecule has 1 saturated heterocycles. The molecule has 1 aliphatic heterocycles. The molecular formula is C24H25N5O3. The van der Waals surface area contributed by atoms with Crippen LogP contribution in [0.25, 0.3) is 11.0 Å². The van der Waals surface area contributed by atoms with E-state index in [0.29, 0.717) is 29.5 Å². The Hall–Kier alpha value is -3.99. The van der Waals surface area contributed by atoms with Crippen LogP contribution in [0.5, 0.6) is 11.5 Å². The largest absolute Gasteiger partial charge is 0.497 e. The van der Waals surface area contributed by atoms with E-state index in [2.05, 4.69) is 38.9 Å². The highest BCUT2D eigenvalue weighted by Gasteiger charge is 2.23. The van der Waals surface area contributed by atoms with Gasteiger partial charge in [-0.1, -0.05) is 18.4 Å². The highest BCUT2D eigenvalue weighted by molar-refractivity contribution is 5.93. The summed E-state index contributed by atoms with van der Waals surface area (Å²) in [5.74, 6) is 8.39. The third-order valence-corrected chi connectivity index (χ3v) is 5.40. The molecule has 8 nitrogen and oxygen atoms in total. The molecule has 3 heterocycles. The Morgan fingerprint density at radius 2 is 2.06 bits per heavy atom. The third kappa shape index (κ3) is 4.52. The summed E-state index contributed by atoms with van der Waals surface area (Å²) in [6, 6.07) is 7.47. The first-order valence-electron chi connectivity index (χ1n) is 10.4. The molecule has 4 rings (SSSR count). The van der Waals surface area contributed by atoms with Gasteiger partial charge in [-0.2, -0.15) is 5.10 Å². The fraction of sp³-hybridized carbons (Fsp3) is 0.292. The number of methoxy groups -OCH3 is 2. The van der Waals surface area contributed by atoms with Crippen LogP contribution in [0.1, 0.15) is 24.0 Å². The highest BCUT2D eigenvalue weighted by atomic mass is 16.5. The first-order chi connectivity index (χ1) is 15.6. The van der Waals surface area contributed by atoms with E-state index in [1.54, 1.807) is 31.4 Å². The highest BCUT2D eigenvalue weighted by Crippen LogP contribution is 2.26. The van der Waals surface area contributed by atoms with E-state index < -0.39 is 0 Å². The zero-order valence-electron chi connectivity index (χ0n) is 18.1. The number of aromatic nitrogens is 3. The molecule has 3 aromatic rings. The summed E-state index contributed by atoms with van der Waals surface area (Å²) >= 11 is 0. The number of pyridine rings is 1. The van der Waals surface area contributed by atoms with Crippen molar-refractivity contribution >= 4 is 22.8 Å². The monoisotopic (exact) mass is 431 g/mol. The molecular weight excluding hydrogens is 406 g/mol. The second-order valence-corrected chi connectivity index (χ2v) is 7.48. The molecule has 1 unspecified atom stereocenters. The molecule has 1 fully saturated rings. The molecule has 8 heteroatoms. The number of hydrogen-bond donors (Lipinski definition) is 2. The van der Waals surface area contributed by atoms with Crippen LogP contribution >= 0.6 is 0 Å². The van der Waals surface area contributed by atoms with Crippen molar-refractivity contribution in [2.75, 3.05) is 32.6 Å². The summed E-state index contributed by atoms with van der Waals surface area (Å²) in [6.07, 6.45) is 4.92. The number of anilines is 1. The molecule has 164 valence electrons. The van der Waals surface area contributed by atoms with Gasteiger partial charge in [0.15, 0.2) is 11.5 Å². The molecule has 0 aliphatic carbocycles. The van der Waals surface area contributed by atoms with E-state index in [0.717, 1.165) is 35.9 Å². The van der Waals surface area contributed by atoms with Crippen molar-refractivity contribution in [1.82, 2.24) is 20.1 Å². The molecule has 1 aromatic carbocycles. The lowest BCUT2D eigenvalue weighted by Crippen LogP contribution is -2.44. The standard InChI is InChI=1S/C24H25N5O3/c1-4-21(30)29-11-5-6-18(15-29)26-24-22-17(9-10-25-23(22)27-28-24)8-7-16-12-19(31-2)14-20(13-16)32-3/h4,9-10,12-14,18H,1,5-6,11,15H2,2-3H3,(H2,25,26,27,28). The maximum Gasteiger partial charge on any atom is 0.246 e. The minimum absolute atomic E-state index is 0.0506. The number of benzene rings is 1. The number of likely N-dealkylation sites (tertiary alicyclic amines) is 1. The summed E-state index contributed by atoms with van der Waals surface area (Å²) in [5, 5.41) is 11.7. The average molecular weight is 431 g/mol. The number of piperidine rings is 1. The molecule has 0 spiro atoms. The maximum atomic E-state index is 12.0. The molecule has 2 aromatic heterocycles. The van der Waals surface area contributed by atoms with Crippen molar-refractivity contribution in [3.05, 3.63) is 54.2 Å². The SMILES string of the molecule is C=CC(=O)N1CCCC(Nc2n[nH]c3nccc(C#Cc4cc(OC)cc(OC)c4)c23)C1. The van der Waals surface area contributed by atoms with Gasteiger partial charge in [0, 0.05) is 42.5 Å². The van der Waals surface area contributed by atoms with Crippen LogP contribution in [0.15, 0.2) is 43.1 Å². The van der Waals surface area contributed by atoms with E-state index >= 15 is 0 Å². The molecule has 1 amide bonds. The molecule has 0 bridgehead atoms. The number of carbonyl (C=O) groups is 1. The second-order valence-electron chi connectivity index (χ2n) is 7.48. The molecule has 1 aliphatic rings. The molecule has 0 saturated carbocycles. The number of H-pyrrole nitrogens is 1. The Morgan fingerprint density at radius 1 is 1.28 bits per heavy atom. The minimum Gasteiger partial charge on any atom is -0.497 e. The summed E-state index contributed by atoms with van der Waals surface area (Å²) in [5.41, 5.74) is 2.22. The number of aromatic amines is 1. The number of nitrogens with one attached hydrogen (secondary N) is 2. The van der Waals surface area contributed by atoms with E-state index in [4.69, 9.17) is 9.47 Å². The number of ether oxygens (including phenoxy) is 2. The second kappa shape index (κ2) is 9.43. The van der Waals surface area contributed by atoms with E-state index in [9.17, 15) is 4.79 Å². The number of rotatable bonds is 5. The molecule has 1 atom stereocenters. The van der Waals surface area contributed by atoms with E-state index in [-0.39, 0.29) is 11.9 Å². The van der Waals surface area contributed by atoms with Crippen LogP contribution in [0.2, 0.25) is 0 Å². The summed E-state index contributed by atoms with van der Waals surface area (Å²) < 4.78 is 10.7. The Bertz CT molecular complexity index is 1190. The van der Waals surface area contributed by atoms with Gasteiger partial charge in [0.25, 0.3) is 0 Å². The Morgan fingerprint density at radius 3 is 2.78 bits per heavy atom. The van der Waals surface area contributed by atoms with Gasteiger partial charge in [-0.25, -0.2) is 4.98 Å².